The molecule has 0 heterocycles. The van der Waals surface area contributed by atoms with E-state index in [4.69, 9.17) is 4.74 Å². The Morgan fingerprint density at radius 2 is 1.96 bits per heavy atom. The summed E-state index contributed by atoms with van der Waals surface area (Å²) in [5.41, 5.74) is 0.405. The van der Waals surface area contributed by atoms with Crippen LogP contribution in [0.2, 0.25) is 0 Å². The lowest BCUT2D eigenvalue weighted by Gasteiger charge is -2.23. The van der Waals surface area contributed by atoms with Gasteiger partial charge in [-0.3, -0.25) is 9.69 Å². The normalized spacial score (nSPS) is 12.0. The standard InChI is InChI=1S/C18H20F2N2O2/c1-13(18(23)21-15-7-5-6-14(19)12-15)22(2)10-11-24-17-9-4-3-8-16(17)20/h3-9,12-13H,10-11H2,1-2H3,(H,21,23). The molecule has 0 bridgehead atoms. The van der Waals surface area contributed by atoms with Gasteiger partial charge in [-0.1, -0.05) is 18.2 Å². The van der Waals surface area contributed by atoms with E-state index in [1.54, 1.807) is 43.1 Å². The van der Waals surface area contributed by atoms with Crippen molar-refractivity contribution in [2.24, 2.45) is 0 Å². The third-order valence-electron chi connectivity index (χ3n) is 3.67. The van der Waals surface area contributed by atoms with Crippen LogP contribution in [-0.4, -0.2) is 37.0 Å². The Balaban J connectivity index is 1.82. The number of nitrogens with zero attached hydrogens (tertiary/aromatic N) is 1. The first-order chi connectivity index (χ1) is 11.5. The fourth-order valence-electron chi connectivity index (χ4n) is 2.07. The van der Waals surface area contributed by atoms with Crippen molar-refractivity contribution < 1.29 is 18.3 Å². The Hall–Kier alpha value is -2.47. The summed E-state index contributed by atoms with van der Waals surface area (Å²) in [4.78, 5) is 13.9. The molecule has 0 aliphatic carbocycles. The van der Waals surface area contributed by atoms with Crippen LogP contribution in [0.5, 0.6) is 5.75 Å². The molecular formula is C18H20F2N2O2. The molecule has 0 saturated heterocycles. The van der Waals surface area contributed by atoms with Crippen molar-refractivity contribution in [2.75, 3.05) is 25.5 Å². The van der Waals surface area contributed by atoms with E-state index in [-0.39, 0.29) is 18.3 Å². The summed E-state index contributed by atoms with van der Waals surface area (Å²) in [6, 6.07) is 11.4. The SMILES string of the molecule is CC(C(=O)Nc1cccc(F)c1)N(C)CCOc1ccccc1F. The maximum Gasteiger partial charge on any atom is 0.241 e. The van der Waals surface area contributed by atoms with Crippen LogP contribution in [0, 0.1) is 11.6 Å². The van der Waals surface area contributed by atoms with Gasteiger partial charge in [-0.05, 0) is 44.3 Å². The van der Waals surface area contributed by atoms with Crippen LogP contribution >= 0.6 is 0 Å². The van der Waals surface area contributed by atoms with Crippen molar-refractivity contribution in [3.05, 3.63) is 60.2 Å². The van der Waals surface area contributed by atoms with Crippen LogP contribution < -0.4 is 10.1 Å². The molecule has 0 radical (unpaired) electrons. The van der Waals surface area contributed by atoms with Gasteiger partial charge in [0, 0.05) is 12.2 Å². The Kier molecular flexibility index (Phi) is 6.26. The number of rotatable bonds is 7. The molecule has 128 valence electrons. The number of hydrogen-bond donors (Lipinski definition) is 1. The number of nitrogens with one attached hydrogen (secondary N) is 1. The molecule has 1 amide bonds. The predicted molar refractivity (Wildman–Crippen MR) is 89.0 cm³/mol. The molecule has 2 rings (SSSR count). The van der Waals surface area contributed by atoms with Gasteiger partial charge < -0.3 is 10.1 Å². The fourth-order valence-corrected chi connectivity index (χ4v) is 2.07. The number of hydrogen-bond acceptors (Lipinski definition) is 3. The quantitative estimate of drug-likeness (QED) is 0.845. The topological polar surface area (TPSA) is 41.6 Å². The van der Waals surface area contributed by atoms with Gasteiger partial charge in [0.2, 0.25) is 5.91 Å². The molecule has 0 aliphatic heterocycles. The monoisotopic (exact) mass is 334 g/mol. The van der Waals surface area contributed by atoms with E-state index in [9.17, 15) is 13.6 Å². The van der Waals surface area contributed by atoms with E-state index in [0.717, 1.165) is 0 Å². The van der Waals surface area contributed by atoms with Crippen molar-refractivity contribution in [1.82, 2.24) is 4.90 Å². The number of carbonyl (C=O) groups is 1. The zero-order valence-corrected chi connectivity index (χ0v) is 13.6. The predicted octanol–water partition coefficient (Wildman–Crippen LogP) is 3.30. The molecule has 0 aliphatic rings. The third kappa shape index (κ3) is 5.03. The summed E-state index contributed by atoms with van der Waals surface area (Å²) in [7, 11) is 1.76. The molecule has 0 saturated carbocycles. The smallest absolute Gasteiger partial charge is 0.241 e. The number of ether oxygens (including phenoxy) is 1. The first-order valence-corrected chi connectivity index (χ1v) is 7.61. The van der Waals surface area contributed by atoms with Crippen molar-refractivity contribution in [3.8, 4) is 5.75 Å². The fraction of sp³-hybridized carbons (Fsp3) is 0.278. The largest absolute Gasteiger partial charge is 0.489 e. The maximum atomic E-state index is 13.4. The number of likely N-dealkylation sites (N-methyl/N-ethyl adjacent to an activating group) is 1. The van der Waals surface area contributed by atoms with E-state index in [1.807, 2.05) is 0 Å². The van der Waals surface area contributed by atoms with E-state index < -0.39 is 17.7 Å². The number of halogens is 2. The Morgan fingerprint density at radius 3 is 2.67 bits per heavy atom. The van der Waals surface area contributed by atoms with Crippen LogP contribution in [0.3, 0.4) is 0 Å². The third-order valence-corrected chi connectivity index (χ3v) is 3.67. The van der Waals surface area contributed by atoms with Crippen LogP contribution in [-0.2, 0) is 4.79 Å². The number of amides is 1. The molecule has 24 heavy (non-hydrogen) atoms. The lowest BCUT2D eigenvalue weighted by molar-refractivity contribution is -0.120. The average Bonchev–Trinajstić information content (AvgIpc) is 2.55. The minimum Gasteiger partial charge on any atom is -0.489 e. The van der Waals surface area contributed by atoms with Crippen LogP contribution in [0.4, 0.5) is 14.5 Å². The minimum absolute atomic E-state index is 0.183. The molecule has 0 spiro atoms. The van der Waals surface area contributed by atoms with Crippen molar-refractivity contribution in [2.45, 2.75) is 13.0 Å². The summed E-state index contributed by atoms with van der Waals surface area (Å²) in [5, 5.41) is 2.66. The molecule has 6 heteroatoms. The van der Waals surface area contributed by atoms with Gasteiger partial charge in [0.05, 0.1) is 6.04 Å². The minimum atomic E-state index is -0.447. The van der Waals surface area contributed by atoms with Gasteiger partial charge in [-0.25, -0.2) is 8.78 Å². The van der Waals surface area contributed by atoms with Gasteiger partial charge in [-0.15, -0.1) is 0 Å². The van der Waals surface area contributed by atoms with Crippen molar-refractivity contribution in [3.63, 3.8) is 0 Å². The lowest BCUT2D eigenvalue weighted by Crippen LogP contribution is -2.41. The van der Waals surface area contributed by atoms with Crippen LogP contribution in [0.25, 0.3) is 0 Å². The Morgan fingerprint density at radius 1 is 1.21 bits per heavy atom. The van der Waals surface area contributed by atoms with Crippen LogP contribution in [0.1, 0.15) is 6.92 Å². The van der Waals surface area contributed by atoms with Gasteiger partial charge in [-0.2, -0.15) is 0 Å². The number of para-hydroxylation sites is 1. The zero-order chi connectivity index (χ0) is 17.5. The highest BCUT2D eigenvalue weighted by Crippen LogP contribution is 2.15. The van der Waals surface area contributed by atoms with Gasteiger partial charge in [0.25, 0.3) is 0 Å². The number of benzene rings is 2. The van der Waals surface area contributed by atoms with E-state index >= 15 is 0 Å². The van der Waals surface area contributed by atoms with Gasteiger partial charge in [0.1, 0.15) is 12.4 Å². The van der Waals surface area contributed by atoms with E-state index in [1.165, 1.54) is 24.3 Å². The molecule has 2 aromatic carbocycles. The highest BCUT2D eigenvalue weighted by molar-refractivity contribution is 5.94. The average molecular weight is 334 g/mol. The number of anilines is 1. The Bertz CT molecular complexity index is 694. The summed E-state index contributed by atoms with van der Waals surface area (Å²) < 4.78 is 31.9. The molecule has 1 unspecified atom stereocenters. The summed E-state index contributed by atoms with van der Waals surface area (Å²) in [5.74, 6) is -0.902. The summed E-state index contributed by atoms with van der Waals surface area (Å²) in [6.45, 7) is 2.42. The number of carbonyl (C=O) groups excluding carboxylic acids is 1. The zero-order valence-electron chi connectivity index (χ0n) is 13.6. The molecule has 4 nitrogen and oxygen atoms in total. The van der Waals surface area contributed by atoms with Gasteiger partial charge in [0.15, 0.2) is 11.6 Å². The van der Waals surface area contributed by atoms with Crippen molar-refractivity contribution >= 4 is 11.6 Å². The first kappa shape index (κ1) is 17.9. The second-order valence-electron chi connectivity index (χ2n) is 5.44. The van der Waals surface area contributed by atoms with Crippen molar-refractivity contribution in [1.29, 1.82) is 0 Å². The van der Waals surface area contributed by atoms with Gasteiger partial charge >= 0.3 is 0 Å². The molecule has 1 N–H and O–H groups in total. The van der Waals surface area contributed by atoms with E-state index in [2.05, 4.69) is 5.32 Å². The van der Waals surface area contributed by atoms with Crippen LogP contribution in [0.15, 0.2) is 48.5 Å². The second-order valence-corrected chi connectivity index (χ2v) is 5.44. The lowest BCUT2D eigenvalue weighted by atomic mass is 10.2. The molecule has 1 atom stereocenters. The molecule has 2 aromatic rings. The maximum absolute atomic E-state index is 13.4. The summed E-state index contributed by atoms with van der Waals surface area (Å²) in [6.07, 6.45) is 0. The molecule has 0 aromatic heterocycles. The molecular weight excluding hydrogens is 314 g/mol. The highest BCUT2D eigenvalue weighted by atomic mass is 19.1. The highest BCUT2D eigenvalue weighted by Gasteiger charge is 2.18. The summed E-state index contributed by atoms with van der Waals surface area (Å²) >= 11 is 0. The Labute approximate surface area is 140 Å². The first-order valence-electron chi connectivity index (χ1n) is 7.61. The molecule has 0 fully saturated rings. The van der Waals surface area contributed by atoms with E-state index in [0.29, 0.717) is 12.2 Å². The second kappa shape index (κ2) is 8.40.